The van der Waals surface area contributed by atoms with Gasteiger partial charge in [-0.1, -0.05) is 0 Å². The maximum Gasteiger partial charge on any atom is 0.252 e. The summed E-state index contributed by atoms with van der Waals surface area (Å²) >= 11 is 0. The largest absolute Gasteiger partial charge is 0.395 e. The Morgan fingerprint density at radius 2 is 2.38 bits per heavy atom. The van der Waals surface area contributed by atoms with Crippen LogP contribution in [-0.2, 0) is 0 Å². The number of carbonyl (C=O) groups is 1. The first-order chi connectivity index (χ1) is 5.84. The normalized spacial score (nSPS) is 8.69. The van der Waals surface area contributed by atoms with Crippen molar-refractivity contribution < 1.29 is 14.6 Å². The molecule has 1 rings (SSSR count). The summed E-state index contributed by atoms with van der Waals surface area (Å²) in [5.41, 5.74) is 0.506. The first kappa shape index (κ1) is 11.5. The molecule has 0 atom stereocenters. The van der Waals surface area contributed by atoms with E-state index in [0.29, 0.717) is 5.56 Å². The monoisotopic (exact) mass is 186 g/mol. The molecule has 0 aliphatic carbocycles. The third kappa shape index (κ3) is 3.62. The van der Waals surface area contributed by atoms with Crippen LogP contribution >= 0.6 is 0 Å². The van der Waals surface area contributed by atoms with Crippen LogP contribution in [0.2, 0.25) is 0 Å². The Bertz CT molecular complexity index is 254. The van der Waals surface area contributed by atoms with E-state index in [4.69, 9.17) is 5.11 Å². The molecule has 0 bridgehead atoms. The summed E-state index contributed by atoms with van der Waals surface area (Å²) in [6.45, 7) is 0.222. The van der Waals surface area contributed by atoms with Crippen molar-refractivity contribution in [3.05, 3.63) is 30.1 Å². The smallest absolute Gasteiger partial charge is 0.252 e. The molecule has 1 amide bonds. The highest BCUT2D eigenvalue weighted by molar-refractivity contribution is 5.93. The van der Waals surface area contributed by atoms with Crippen LogP contribution in [0.5, 0.6) is 0 Å². The predicted octanol–water partition coefficient (Wildman–Crippen LogP) is -0.0438. The molecular weight excluding hydrogens is 175 g/mol. The molecule has 1 heterocycles. The molecule has 0 spiro atoms. The molecule has 0 aliphatic heterocycles. The van der Waals surface area contributed by atoms with Gasteiger partial charge in [0.25, 0.3) is 5.91 Å². The van der Waals surface area contributed by atoms with E-state index in [2.05, 4.69) is 10.3 Å². The minimum Gasteiger partial charge on any atom is -0.395 e. The van der Waals surface area contributed by atoms with Gasteiger partial charge >= 0.3 is 0 Å². The number of pyridine rings is 1. The Morgan fingerprint density at radius 1 is 1.62 bits per heavy atom. The van der Waals surface area contributed by atoms with Crippen molar-refractivity contribution in [1.82, 2.24) is 10.3 Å². The van der Waals surface area contributed by atoms with Gasteiger partial charge in [0, 0.05) is 18.9 Å². The lowest BCUT2D eigenvalue weighted by atomic mass is 10.3. The molecule has 2 N–H and O–H groups in total. The minimum absolute atomic E-state index is 0. The first-order valence-electron chi connectivity index (χ1n) is 3.63. The zero-order valence-electron chi connectivity index (χ0n) is 6.93. The Kier molecular flexibility index (Phi) is 5.38. The SMILES string of the molecule is F.O=C(NCCO)c1cccnc1. The van der Waals surface area contributed by atoms with Crippen LogP contribution in [0.25, 0.3) is 0 Å². The molecule has 13 heavy (non-hydrogen) atoms. The number of hydrogen-bond acceptors (Lipinski definition) is 3. The predicted molar refractivity (Wildman–Crippen MR) is 46.2 cm³/mol. The van der Waals surface area contributed by atoms with Gasteiger partial charge in [0.05, 0.1) is 12.2 Å². The second-order valence-electron chi connectivity index (χ2n) is 2.22. The summed E-state index contributed by atoms with van der Waals surface area (Å²) in [4.78, 5) is 14.9. The summed E-state index contributed by atoms with van der Waals surface area (Å²) < 4.78 is 0. The molecule has 0 aliphatic rings. The summed E-state index contributed by atoms with van der Waals surface area (Å²) in [7, 11) is 0. The molecule has 4 nitrogen and oxygen atoms in total. The topological polar surface area (TPSA) is 62.2 Å². The number of aliphatic hydroxyl groups excluding tert-OH is 1. The molecule has 0 saturated carbocycles. The zero-order chi connectivity index (χ0) is 8.81. The number of aliphatic hydroxyl groups is 1. The summed E-state index contributed by atoms with van der Waals surface area (Å²) in [5, 5.41) is 11.0. The highest BCUT2D eigenvalue weighted by Gasteiger charge is 2.01. The van der Waals surface area contributed by atoms with Gasteiger partial charge < -0.3 is 10.4 Å². The average Bonchev–Trinajstić information content (AvgIpc) is 2.15. The van der Waals surface area contributed by atoms with Crippen LogP contribution < -0.4 is 5.32 Å². The Hall–Kier alpha value is -1.49. The Balaban J connectivity index is 0.00000144. The average molecular weight is 186 g/mol. The van der Waals surface area contributed by atoms with E-state index in [-0.39, 0.29) is 23.8 Å². The van der Waals surface area contributed by atoms with E-state index in [9.17, 15) is 4.79 Å². The van der Waals surface area contributed by atoms with Crippen LogP contribution in [0.3, 0.4) is 0 Å². The Labute approximate surface area is 75.0 Å². The maximum atomic E-state index is 11.1. The number of nitrogens with one attached hydrogen (secondary N) is 1. The van der Waals surface area contributed by atoms with Gasteiger partial charge in [-0.15, -0.1) is 0 Å². The number of hydrogen-bond donors (Lipinski definition) is 2. The summed E-state index contributed by atoms with van der Waals surface area (Å²) in [5.74, 6) is -0.211. The lowest BCUT2D eigenvalue weighted by Crippen LogP contribution is -2.26. The molecular formula is C8H11FN2O2. The van der Waals surface area contributed by atoms with Crippen molar-refractivity contribution in [2.24, 2.45) is 0 Å². The molecule has 0 saturated heterocycles. The van der Waals surface area contributed by atoms with Gasteiger partial charge in [-0.2, -0.15) is 0 Å². The molecule has 0 unspecified atom stereocenters. The molecule has 1 aromatic heterocycles. The number of nitrogens with zero attached hydrogens (tertiary/aromatic N) is 1. The highest BCUT2D eigenvalue weighted by Crippen LogP contribution is 1.93. The highest BCUT2D eigenvalue weighted by atomic mass is 19.0. The van der Waals surface area contributed by atoms with Gasteiger partial charge in [0.1, 0.15) is 0 Å². The van der Waals surface area contributed by atoms with Crippen molar-refractivity contribution in [2.45, 2.75) is 0 Å². The molecule has 1 aromatic rings. The number of halogens is 1. The second-order valence-corrected chi connectivity index (χ2v) is 2.22. The van der Waals surface area contributed by atoms with Gasteiger partial charge in [0.2, 0.25) is 0 Å². The zero-order valence-corrected chi connectivity index (χ0v) is 6.93. The summed E-state index contributed by atoms with van der Waals surface area (Å²) in [6, 6.07) is 3.35. The van der Waals surface area contributed by atoms with E-state index in [1.807, 2.05) is 0 Å². The van der Waals surface area contributed by atoms with E-state index in [0.717, 1.165) is 0 Å². The van der Waals surface area contributed by atoms with E-state index < -0.39 is 0 Å². The fraction of sp³-hybridized carbons (Fsp3) is 0.250. The molecule has 0 aromatic carbocycles. The van der Waals surface area contributed by atoms with Crippen LogP contribution in [0.1, 0.15) is 10.4 Å². The fourth-order valence-electron chi connectivity index (χ4n) is 0.769. The van der Waals surface area contributed by atoms with E-state index >= 15 is 0 Å². The standard InChI is InChI=1S/C8H10N2O2.FH/c11-5-4-10-8(12)7-2-1-3-9-6-7;/h1-3,6,11H,4-5H2,(H,10,12);1H. The number of aromatic nitrogens is 1. The van der Waals surface area contributed by atoms with E-state index in [1.54, 1.807) is 18.3 Å². The van der Waals surface area contributed by atoms with Crippen molar-refractivity contribution in [1.29, 1.82) is 0 Å². The lowest BCUT2D eigenvalue weighted by molar-refractivity contribution is 0.0944. The van der Waals surface area contributed by atoms with Gasteiger partial charge in [-0.3, -0.25) is 14.5 Å². The molecule has 0 fully saturated rings. The fourth-order valence-corrected chi connectivity index (χ4v) is 0.769. The van der Waals surface area contributed by atoms with Gasteiger partial charge in [0.15, 0.2) is 0 Å². The maximum absolute atomic E-state index is 11.1. The van der Waals surface area contributed by atoms with Crippen molar-refractivity contribution >= 4 is 5.91 Å². The third-order valence-corrected chi connectivity index (χ3v) is 1.32. The van der Waals surface area contributed by atoms with Crippen molar-refractivity contribution in [3.8, 4) is 0 Å². The Morgan fingerprint density at radius 3 is 2.92 bits per heavy atom. The van der Waals surface area contributed by atoms with Gasteiger partial charge in [-0.05, 0) is 12.1 Å². The van der Waals surface area contributed by atoms with E-state index in [1.165, 1.54) is 6.20 Å². The third-order valence-electron chi connectivity index (χ3n) is 1.32. The number of carbonyl (C=O) groups excluding carboxylic acids is 1. The minimum atomic E-state index is -0.211. The molecule has 72 valence electrons. The van der Waals surface area contributed by atoms with Crippen LogP contribution in [0, 0.1) is 0 Å². The van der Waals surface area contributed by atoms with Crippen LogP contribution in [-0.4, -0.2) is 29.1 Å². The first-order valence-corrected chi connectivity index (χ1v) is 3.63. The lowest BCUT2D eigenvalue weighted by Gasteiger charge is -2.00. The second kappa shape index (κ2) is 6.07. The number of rotatable bonds is 3. The van der Waals surface area contributed by atoms with Crippen LogP contribution in [0.15, 0.2) is 24.5 Å². The van der Waals surface area contributed by atoms with Crippen molar-refractivity contribution in [3.63, 3.8) is 0 Å². The quantitative estimate of drug-likeness (QED) is 0.696. The molecule has 5 heteroatoms. The summed E-state index contributed by atoms with van der Waals surface area (Å²) in [6.07, 6.45) is 3.08. The van der Waals surface area contributed by atoms with Gasteiger partial charge in [-0.25, -0.2) is 0 Å². The van der Waals surface area contributed by atoms with Crippen LogP contribution in [0.4, 0.5) is 4.70 Å². The number of amides is 1. The molecule has 0 radical (unpaired) electrons. The van der Waals surface area contributed by atoms with Crippen molar-refractivity contribution in [2.75, 3.05) is 13.2 Å².